The van der Waals surface area contributed by atoms with E-state index in [1.807, 2.05) is 6.07 Å². The van der Waals surface area contributed by atoms with Gasteiger partial charge < -0.3 is 20.1 Å². The minimum atomic E-state index is -0.451. The zero-order chi connectivity index (χ0) is 19.6. The summed E-state index contributed by atoms with van der Waals surface area (Å²) in [5, 5.41) is 14.1. The van der Waals surface area contributed by atoms with Gasteiger partial charge in [0.1, 0.15) is 23.1 Å². The fourth-order valence-electron chi connectivity index (χ4n) is 2.13. The van der Waals surface area contributed by atoms with Crippen molar-refractivity contribution in [1.82, 2.24) is 5.32 Å². The van der Waals surface area contributed by atoms with Gasteiger partial charge in [-0.15, -0.1) is 0 Å². The second-order valence-corrected chi connectivity index (χ2v) is 5.38. The molecule has 0 fully saturated rings. The molecule has 0 heterocycles. The Morgan fingerprint density at radius 3 is 2.26 bits per heavy atom. The van der Waals surface area contributed by atoms with Crippen LogP contribution in [-0.2, 0) is 9.59 Å². The van der Waals surface area contributed by atoms with Gasteiger partial charge in [0.15, 0.2) is 6.61 Å². The van der Waals surface area contributed by atoms with Crippen LogP contribution >= 0.6 is 0 Å². The molecule has 0 saturated heterocycles. The third kappa shape index (κ3) is 5.90. The van der Waals surface area contributed by atoms with Gasteiger partial charge in [-0.25, -0.2) is 0 Å². The van der Waals surface area contributed by atoms with Crippen LogP contribution in [-0.4, -0.2) is 32.6 Å². The first kappa shape index (κ1) is 19.5. The molecule has 0 aliphatic rings. The highest BCUT2D eigenvalue weighted by atomic mass is 16.5. The zero-order valence-corrected chi connectivity index (χ0v) is 15.0. The maximum atomic E-state index is 11.9. The van der Waals surface area contributed by atoms with Crippen LogP contribution < -0.4 is 20.1 Å². The van der Waals surface area contributed by atoms with Crippen LogP contribution in [0.4, 0.5) is 5.69 Å². The topological polar surface area (TPSA) is 100 Å². The highest BCUT2D eigenvalue weighted by Gasteiger charge is 2.07. The molecule has 138 valence electrons. The highest BCUT2D eigenvalue weighted by Crippen LogP contribution is 2.16. The van der Waals surface area contributed by atoms with Crippen molar-refractivity contribution in [1.29, 1.82) is 5.26 Å². The summed E-state index contributed by atoms with van der Waals surface area (Å²) in [5.41, 5.74) is 1.32. The summed E-state index contributed by atoms with van der Waals surface area (Å²) < 4.78 is 10.5. The van der Waals surface area contributed by atoms with E-state index < -0.39 is 5.91 Å². The summed E-state index contributed by atoms with van der Waals surface area (Å²) in [6.07, 6.45) is 1.47. The standard InChI is InChI=1S/C20H19N3O4/c1-22-20(25)15(12-21)11-14-3-7-18(8-4-14)27-13-19(24)23-16-5-9-17(26-2)10-6-16/h3-11H,13H2,1-2H3,(H,22,25)(H,23,24)/b15-11+. The number of methoxy groups -OCH3 is 1. The lowest BCUT2D eigenvalue weighted by molar-refractivity contribution is -0.118. The molecule has 0 aliphatic carbocycles. The minimum Gasteiger partial charge on any atom is -0.497 e. The number of ether oxygens (including phenoxy) is 2. The van der Waals surface area contributed by atoms with Gasteiger partial charge in [-0.2, -0.15) is 5.26 Å². The molecule has 0 unspecified atom stereocenters. The van der Waals surface area contributed by atoms with Gasteiger partial charge in [-0.3, -0.25) is 9.59 Å². The molecule has 0 atom stereocenters. The van der Waals surface area contributed by atoms with Gasteiger partial charge in [-0.05, 0) is 48.0 Å². The second kappa shape index (κ2) is 9.63. The van der Waals surface area contributed by atoms with Crippen LogP contribution in [0.2, 0.25) is 0 Å². The fourth-order valence-corrected chi connectivity index (χ4v) is 2.13. The summed E-state index contributed by atoms with van der Waals surface area (Å²) in [7, 11) is 3.03. The van der Waals surface area contributed by atoms with Gasteiger partial charge in [-0.1, -0.05) is 12.1 Å². The van der Waals surface area contributed by atoms with Crippen LogP contribution in [0.15, 0.2) is 54.1 Å². The van der Waals surface area contributed by atoms with E-state index in [4.69, 9.17) is 14.7 Å². The first-order chi connectivity index (χ1) is 13.0. The number of hydrogen-bond donors (Lipinski definition) is 2. The average Bonchev–Trinajstić information content (AvgIpc) is 2.71. The SMILES string of the molecule is CNC(=O)/C(C#N)=C/c1ccc(OCC(=O)Nc2ccc(OC)cc2)cc1. The molecule has 2 aromatic carbocycles. The molecule has 0 aliphatic heterocycles. The summed E-state index contributed by atoms with van der Waals surface area (Å²) in [6.45, 7) is -0.150. The Labute approximate surface area is 157 Å². The Balaban J connectivity index is 1.90. The van der Waals surface area contributed by atoms with E-state index in [0.29, 0.717) is 22.7 Å². The van der Waals surface area contributed by atoms with E-state index in [1.165, 1.54) is 13.1 Å². The Morgan fingerprint density at radius 2 is 1.70 bits per heavy atom. The molecule has 2 rings (SSSR count). The molecule has 0 saturated carbocycles. The van der Waals surface area contributed by atoms with Crippen molar-refractivity contribution in [2.45, 2.75) is 0 Å². The third-order valence-electron chi connectivity index (χ3n) is 3.53. The van der Waals surface area contributed by atoms with E-state index >= 15 is 0 Å². The van der Waals surface area contributed by atoms with Gasteiger partial charge in [0, 0.05) is 12.7 Å². The normalized spacial score (nSPS) is 10.5. The lowest BCUT2D eigenvalue weighted by Gasteiger charge is -2.08. The van der Waals surface area contributed by atoms with Crippen molar-refractivity contribution in [2.75, 3.05) is 26.1 Å². The summed E-state index contributed by atoms with van der Waals surface area (Å²) in [4.78, 5) is 23.4. The first-order valence-corrected chi connectivity index (χ1v) is 8.06. The summed E-state index contributed by atoms with van der Waals surface area (Å²) in [5.74, 6) is 0.452. The summed E-state index contributed by atoms with van der Waals surface area (Å²) in [6, 6.07) is 15.5. The smallest absolute Gasteiger partial charge is 0.262 e. The number of nitrogens with zero attached hydrogens (tertiary/aromatic N) is 1. The van der Waals surface area contributed by atoms with E-state index in [1.54, 1.807) is 55.6 Å². The van der Waals surface area contributed by atoms with Crippen LogP contribution in [0.5, 0.6) is 11.5 Å². The van der Waals surface area contributed by atoms with E-state index in [-0.39, 0.29) is 18.1 Å². The molecular formula is C20H19N3O4. The Kier molecular flexibility index (Phi) is 6.97. The van der Waals surface area contributed by atoms with Crippen molar-refractivity contribution in [3.8, 4) is 17.6 Å². The van der Waals surface area contributed by atoms with Gasteiger partial charge >= 0.3 is 0 Å². The molecule has 2 aromatic rings. The number of anilines is 1. The van der Waals surface area contributed by atoms with Crippen molar-refractivity contribution in [3.63, 3.8) is 0 Å². The van der Waals surface area contributed by atoms with E-state index in [9.17, 15) is 9.59 Å². The molecule has 2 amide bonds. The number of benzene rings is 2. The Hall–Kier alpha value is -3.79. The number of carbonyl (C=O) groups is 2. The number of nitriles is 1. The number of carbonyl (C=O) groups excluding carboxylic acids is 2. The zero-order valence-electron chi connectivity index (χ0n) is 15.0. The van der Waals surface area contributed by atoms with Gasteiger partial charge in [0.05, 0.1) is 7.11 Å². The Morgan fingerprint density at radius 1 is 1.07 bits per heavy atom. The first-order valence-electron chi connectivity index (χ1n) is 8.06. The number of amides is 2. The molecule has 0 aromatic heterocycles. The number of rotatable bonds is 7. The lowest BCUT2D eigenvalue weighted by atomic mass is 10.1. The quantitative estimate of drug-likeness (QED) is 0.579. The van der Waals surface area contributed by atoms with Gasteiger partial charge in [0.2, 0.25) is 0 Å². The predicted molar refractivity (Wildman–Crippen MR) is 101 cm³/mol. The average molecular weight is 365 g/mol. The van der Waals surface area contributed by atoms with Crippen LogP contribution in [0.3, 0.4) is 0 Å². The van der Waals surface area contributed by atoms with Crippen molar-refractivity contribution < 1.29 is 19.1 Å². The molecule has 0 spiro atoms. The molecule has 2 N–H and O–H groups in total. The predicted octanol–water partition coefficient (Wildman–Crippen LogP) is 2.37. The largest absolute Gasteiger partial charge is 0.497 e. The number of nitrogens with one attached hydrogen (secondary N) is 2. The van der Waals surface area contributed by atoms with Crippen molar-refractivity contribution in [3.05, 3.63) is 59.7 Å². The molecule has 7 heteroatoms. The fraction of sp³-hybridized carbons (Fsp3) is 0.150. The monoisotopic (exact) mass is 365 g/mol. The van der Waals surface area contributed by atoms with E-state index in [0.717, 1.165) is 0 Å². The number of hydrogen-bond acceptors (Lipinski definition) is 5. The molecular weight excluding hydrogens is 346 g/mol. The maximum absolute atomic E-state index is 11.9. The number of likely N-dealkylation sites (N-methyl/N-ethyl adjacent to an activating group) is 1. The summed E-state index contributed by atoms with van der Waals surface area (Å²) >= 11 is 0. The molecule has 27 heavy (non-hydrogen) atoms. The van der Waals surface area contributed by atoms with Crippen molar-refractivity contribution in [2.24, 2.45) is 0 Å². The van der Waals surface area contributed by atoms with Crippen LogP contribution in [0.25, 0.3) is 6.08 Å². The van der Waals surface area contributed by atoms with Crippen LogP contribution in [0.1, 0.15) is 5.56 Å². The highest BCUT2D eigenvalue weighted by molar-refractivity contribution is 6.01. The third-order valence-corrected chi connectivity index (χ3v) is 3.53. The van der Waals surface area contributed by atoms with Crippen LogP contribution in [0, 0.1) is 11.3 Å². The van der Waals surface area contributed by atoms with Crippen molar-refractivity contribution >= 4 is 23.6 Å². The van der Waals surface area contributed by atoms with Gasteiger partial charge in [0.25, 0.3) is 11.8 Å². The lowest BCUT2D eigenvalue weighted by Crippen LogP contribution is -2.20. The maximum Gasteiger partial charge on any atom is 0.262 e. The second-order valence-electron chi connectivity index (χ2n) is 5.38. The molecule has 0 bridgehead atoms. The molecule has 0 radical (unpaired) electrons. The minimum absolute atomic E-state index is 0.00466. The van der Waals surface area contributed by atoms with E-state index in [2.05, 4.69) is 10.6 Å². The Bertz CT molecular complexity index is 866. The molecule has 7 nitrogen and oxygen atoms in total.